The molecule has 0 aromatic heterocycles. The Hall–Kier alpha value is -3.12. The zero-order valence-electron chi connectivity index (χ0n) is 20.9. The largest absolute Gasteiger partial charge is 0.416 e. The monoisotopic (exact) mass is 506 g/mol. The number of rotatable bonds is 8. The Kier molecular flexibility index (Phi) is 7.38. The third-order valence-corrected chi connectivity index (χ3v) is 8.03. The van der Waals surface area contributed by atoms with Crippen LogP contribution < -0.4 is 5.32 Å². The summed E-state index contributed by atoms with van der Waals surface area (Å²) in [5, 5.41) is 3.19. The second-order valence-electron chi connectivity index (χ2n) is 10.5. The molecule has 0 radical (unpaired) electrons. The first-order valence-corrected chi connectivity index (χ1v) is 13.2. The van der Waals surface area contributed by atoms with Gasteiger partial charge in [-0.3, -0.25) is 4.79 Å². The summed E-state index contributed by atoms with van der Waals surface area (Å²) in [5.74, 6) is 0.592. The highest BCUT2D eigenvalue weighted by atomic mass is 19.4. The molecule has 3 aromatic rings. The van der Waals surface area contributed by atoms with Gasteiger partial charge in [-0.2, -0.15) is 13.2 Å². The lowest BCUT2D eigenvalue weighted by molar-refractivity contribution is -0.138. The van der Waals surface area contributed by atoms with Crippen LogP contribution in [0.25, 0.3) is 0 Å². The smallest absolute Gasteiger partial charge is 0.351 e. The fourth-order valence-corrected chi connectivity index (χ4v) is 5.53. The first-order chi connectivity index (χ1) is 17.8. The van der Waals surface area contributed by atoms with Gasteiger partial charge in [0.25, 0.3) is 5.91 Å². The van der Waals surface area contributed by atoms with E-state index in [1.807, 2.05) is 30.3 Å². The third kappa shape index (κ3) is 6.07. The van der Waals surface area contributed by atoms with Crippen molar-refractivity contribution in [3.8, 4) is 0 Å². The molecule has 194 valence electrons. The van der Waals surface area contributed by atoms with Crippen molar-refractivity contribution in [2.24, 2.45) is 0 Å². The van der Waals surface area contributed by atoms with Gasteiger partial charge < -0.3 is 10.2 Å². The van der Waals surface area contributed by atoms with Gasteiger partial charge in [0.2, 0.25) is 0 Å². The lowest BCUT2D eigenvalue weighted by atomic mass is 9.72. The van der Waals surface area contributed by atoms with E-state index in [0.29, 0.717) is 36.6 Å². The van der Waals surface area contributed by atoms with Crippen molar-refractivity contribution in [3.05, 3.63) is 107 Å². The summed E-state index contributed by atoms with van der Waals surface area (Å²) in [6.07, 6.45) is 0.157. The summed E-state index contributed by atoms with van der Waals surface area (Å²) in [6, 6.07) is 24.1. The van der Waals surface area contributed by atoms with Crippen molar-refractivity contribution in [2.45, 2.75) is 49.6 Å². The summed E-state index contributed by atoms with van der Waals surface area (Å²) >= 11 is 0. The summed E-state index contributed by atoms with van der Waals surface area (Å²) in [4.78, 5) is 15.2. The van der Waals surface area contributed by atoms with Gasteiger partial charge in [0, 0.05) is 24.1 Å². The highest BCUT2D eigenvalue weighted by molar-refractivity contribution is 5.94. The number of hydrogen-bond acceptors (Lipinski definition) is 2. The Morgan fingerprint density at radius 3 is 2.19 bits per heavy atom. The number of hydrogen-bond donors (Lipinski definition) is 1. The van der Waals surface area contributed by atoms with Gasteiger partial charge in [-0.05, 0) is 86.0 Å². The first kappa shape index (κ1) is 25.5. The minimum atomic E-state index is -4.34. The van der Waals surface area contributed by atoms with E-state index >= 15 is 0 Å². The molecule has 3 aromatic carbocycles. The lowest BCUT2D eigenvalue weighted by Crippen LogP contribution is -2.49. The van der Waals surface area contributed by atoms with E-state index in [9.17, 15) is 18.0 Å². The van der Waals surface area contributed by atoms with Crippen LogP contribution >= 0.6 is 0 Å². The van der Waals surface area contributed by atoms with Crippen LogP contribution in [0.2, 0.25) is 0 Å². The first-order valence-electron chi connectivity index (χ1n) is 13.2. The number of amides is 1. The van der Waals surface area contributed by atoms with E-state index < -0.39 is 11.7 Å². The molecule has 1 heterocycles. The minimum Gasteiger partial charge on any atom is -0.351 e. The number of benzene rings is 3. The van der Waals surface area contributed by atoms with Gasteiger partial charge in [-0.25, -0.2) is 0 Å². The highest BCUT2D eigenvalue weighted by Gasteiger charge is 2.37. The molecule has 5 rings (SSSR count). The number of nitrogens with one attached hydrogen (secondary N) is 1. The zero-order valence-corrected chi connectivity index (χ0v) is 20.9. The van der Waals surface area contributed by atoms with Crippen LogP contribution in [0.3, 0.4) is 0 Å². The normalized spacial score (nSPS) is 17.9. The Balaban J connectivity index is 1.23. The number of alkyl halides is 3. The molecule has 1 amide bonds. The molecule has 1 saturated carbocycles. The second-order valence-corrected chi connectivity index (χ2v) is 10.5. The van der Waals surface area contributed by atoms with E-state index in [0.717, 1.165) is 32.0 Å². The van der Waals surface area contributed by atoms with Crippen LogP contribution in [-0.4, -0.2) is 37.0 Å². The van der Waals surface area contributed by atoms with Gasteiger partial charge >= 0.3 is 6.18 Å². The molecule has 2 fully saturated rings. The molecule has 2 aliphatic rings. The van der Waals surface area contributed by atoms with Crippen molar-refractivity contribution in [3.63, 3.8) is 0 Å². The van der Waals surface area contributed by atoms with Crippen LogP contribution in [0.15, 0.2) is 78.9 Å². The fraction of sp³-hybridized carbons (Fsp3) is 0.387. The van der Waals surface area contributed by atoms with Gasteiger partial charge in [0.15, 0.2) is 0 Å². The van der Waals surface area contributed by atoms with Crippen LogP contribution in [0.1, 0.15) is 64.2 Å². The molecule has 0 bridgehead atoms. The maximum absolute atomic E-state index is 13.4. The van der Waals surface area contributed by atoms with E-state index in [1.54, 1.807) is 12.1 Å². The quantitative estimate of drug-likeness (QED) is 0.374. The fourth-order valence-electron chi connectivity index (χ4n) is 5.53. The Labute approximate surface area is 216 Å². The Bertz CT molecular complexity index is 1200. The number of nitrogens with zero attached hydrogens (tertiary/aromatic N) is 1. The van der Waals surface area contributed by atoms with E-state index in [1.165, 1.54) is 30.0 Å². The van der Waals surface area contributed by atoms with Gasteiger partial charge in [-0.1, -0.05) is 60.7 Å². The SMILES string of the molecule is O=C(NCC1(c2ccccc2)CCN(CCc2ccccc2C(F)(F)F)CC1)c1ccc(C2CC2)cc1. The molecule has 1 saturated heterocycles. The van der Waals surface area contributed by atoms with Gasteiger partial charge in [-0.15, -0.1) is 0 Å². The Morgan fingerprint density at radius 1 is 0.892 bits per heavy atom. The molecule has 0 spiro atoms. The molecular formula is C31H33F3N2O. The van der Waals surface area contributed by atoms with Crippen molar-refractivity contribution < 1.29 is 18.0 Å². The summed E-state index contributed by atoms with van der Waals surface area (Å²) in [7, 11) is 0. The molecule has 1 aliphatic heterocycles. The molecule has 3 nitrogen and oxygen atoms in total. The predicted molar refractivity (Wildman–Crippen MR) is 140 cm³/mol. The third-order valence-electron chi connectivity index (χ3n) is 8.03. The standard InChI is InChI=1S/C31H33F3N2O/c32-31(33,34)28-9-5-4-6-25(28)16-19-36-20-17-30(18-21-36,27-7-2-1-3-8-27)22-35-29(37)26-14-12-24(13-15-26)23-10-11-23/h1-9,12-15,23H,10-11,16-22H2,(H,35,37). The Morgan fingerprint density at radius 2 is 1.54 bits per heavy atom. The number of halogens is 3. The number of piperidine rings is 1. The van der Waals surface area contributed by atoms with Crippen LogP contribution in [0, 0.1) is 0 Å². The second kappa shape index (κ2) is 10.7. The summed E-state index contributed by atoms with van der Waals surface area (Å²) in [5.41, 5.74) is 2.77. The van der Waals surface area contributed by atoms with Gasteiger partial charge in [0.1, 0.15) is 0 Å². The van der Waals surface area contributed by atoms with E-state index in [4.69, 9.17) is 0 Å². The maximum Gasteiger partial charge on any atom is 0.416 e. The topological polar surface area (TPSA) is 32.3 Å². The number of likely N-dealkylation sites (tertiary alicyclic amines) is 1. The van der Waals surface area contributed by atoms with Crippen molar-refractivity contribution >= 4 is 5.91 Å². The van der Waals surface area contributed by atoms with E-state index in [2.05, 4.69) is 34.5 Å². The molecule has 1 aliphatic carbocycles. The zero-order chi connectivity index (χ0) is 25.9. The van der Waals surface area contributed by atoms with Gasteiger partial charge in [0.05, 0.1) is 5.56 Å². The predicted octanol–water partition coefficient (Wildman–Crippen LogP) is 6.59. The molecular weight excluding hydrogens is 473 g/mol. The van der Waals surface area contributed by atoms with Crippen LogP contribution in [-0.2, 0) is 18.0 Å². The van der Waals surface area contributed by atoms with Crippen molar-refractivity contribution in [2.75, 3.05) is 26.2 Å². The van der Waals surface area contributed by atoms with Crippen LogP contribution in [0.4, 0.5) is 13.2 Å². The molecule has 0 unspecified atom stereocenters. The number of carbonyl (C=O) groups is 1. The highest BCUT2D eigenvalue weighted by Crippen LogP contribution is 2.40. The van der Waals surface area contributed by atoms with Crippen molar-refractivity contribution in [1.82, 2.24) is 10.2 Å². The molecule has 6 heteroatoms. The summed E-state index contributed by atoms with van der Waals surface area (Å²) in [6.45, 7) is 2.66. The van der Waals surface area contributed by atoms with Crippen LogP contribution in [0.5, 0.6) is 0 Å². The summed E-state index contributed by atoms with van der Waals surface area (Å²) < 4.78 is 40.2. The molecule has 1 N–H and O–H groups in total. The lowest BCUT2D eigenvalue weighted by Gasteiger charge is -2.42. The average Bonchev–Trinajstić information content (AvgIpc) is 3.77. The van der Waals surface area contributed by atoms with Crippen molar-refractivity contribution in [1.29, 1.82) is 0 Å². The minimum absolute atomic E-state index is 0.0659. The number of carbonyl (C=O) groups excluding carboxylic acids is 1. The maximum atomic E-state index is 13.4. The molecule has 37 heavy (non-hydrogen) atoms. The average molecular weight is 507 g/mol. The van der Waals surface area contributed by atoms with E-state index in [-0.39, 0.29) is 11.3 Å². The molecule has 0 atom stereocenters.